The molecule has 1 aromatic rings. The number of hydrogen-bond donors (Lipinski definition) is 1. The van der Waals surface area contributed by atoms with E-state index in [1.54, 1.807) is 40.0 Å². The van der Waals surface area contributed by atoms with Gasteiger partial charge in [-0.3, -0.25) is 4.79 Å². The third-order valence-electron chi connectivity index (χ3n) is 3.29. The molecule has 1 atom stereocenters. The second kappa shape index (κ2) is 8.13. The van der Waals surface area contributed by atoms with Crippen LogP contribution in [-0.4, -0.2) is 35.6 Å². The van der Waals surface area contributed by atoms with Crippen molar-refractivity contribution in [3.8, 4) is 0 Å². The Morgan fingerprint density at radius 3 is 2.42 bits per heavy atom. The Hall–Kier alpha value is -2.11. The number of carbonyl (C=O) groups excluding carboxylic acids is 2. The summed E-state index contributed by atoms with van der Waals surface area (Å²) in [7, 11) is 1.62. The molecule has 1 unspecified atom stereocenters. The number of alkyl carbamates (subject to hydrolysis) is 1. The molecule has 5 nitrogen and oxygen atoms in total. The molecule has 134 valence electrons. The summed E-state index contributed by atoms with van der Waals surface area (Å²) in [5.41, 5.74) is 0.0490. The summed E-state index contributed by atoms with van der Waals surface area (Å²) in [5, 5.41) is 2.62. The largest absolute Gasteiger partial charge is 0.444 e. The van der Waals surface area contributed by atoms with Gasteiger partial charge in [-0.2, -0.15) is 0 Å². The van der Waals surface area contributed by atoms with Crippen LogP contribution >= 0.6 is 0 Å². The van der Waals surface area contributed by atoms with Gasteiger partial charge in [-0.1, -0.05) is 26.0 Å². The summed E-state index contributed by atoms with van der Waals surface area (Å²) in [6.07, 6.45) is -0.631. The van der Waals surface area contributed by atoms with Crippen LogP contribution in [0.1, 0.15) is 40.2 Å². The van der Waals surface area contributed by atoms with Crippen LogP contribution in [0, 0.1) is 11.7 Å². The van der Waals surface area contributed by atoms with Gasteiger partial charge in [-0.25, -0.2) is 9.18 Å². The van der Waals surface area contributed by atoms with Gasteiger partial charge in [0.15, 0.2) is 0 Å². The number of halogens is 1. The standard InChI is InChI=1S/C18H27FN2O3/c1-12(2)15(20-17(23)24-18(3,4)5)16(22)21(6)11-13-8-7-9-14(19)10-13/h7-10,12,15H,11H2,1-6H3,(H,20,23). The first-order valence-corrected chi connectivity index (χ1v) is 7.98. The van der Waals surface area contributed by atoms with Crippen LogP contribution in [0.15, 0.2) is 24.3 Å². The summed E-state index contributed by atoms with van der Waals surface area (Å²) >= 11 is 0. The minimum absolute atomic E-state index is 0.111. The van der Waals surface area contributed by atoms with E-state index in [2.05, 4.69) is 5.32 Å². The van der Waals surface area contributed by atoms with Crippen molar-refractivity contribution in [2.45, 2.75) is 52.8 Å². The van der Waals surface area contributed by atoms with Crippen molar-refractivity contribution in [3.05, 3.63) is 35.6 Å². The fraction of sp³-hybridized carbons (Fsp3) is 0.556. The smallest absolute Gasteiger partial charge is 0.408 e. The highest BCUT2D eigenvalue weighted by Gasteiger charge is 2.29. The van der Waals surface area contributed by atoms with Crippen LogP contribution in [0.3, 0.4) is 0 Å². The summed E-state index contributed by atoms with van der Waals surface area (Å²) in [6.45, 7) is 9.22. The fourth-order valence-corrected chi connectivity index (χ4v) is 2.17. The quantitative estimate of drug-likeness (QED) is 0.896. The number of likely N-dealkylation sites (N-methyl/N-ethyl adjacent to an activating group) is 1. The number of nitrogens with zero attached hydrogens (tertiary/aromatic N) is 1. The van der Waals surface area contributed by atoms with Crippen LogP contribution in [0.25, 0.3) is 0 Å². The van der Waals surface area contributed by atoms with Gasteiger partial charge in [-0.15, -0.1) is 0 Å². The lowest BCUT2D eigenvalue weighted by Crippen LogP contribution is -2.51. The van der Waals surface area contributed by atoms with Gasteiger partial charge in [0.05, 0.1) is 0 Å². The minimum Gasteiger partial charge on any atom is -0.444 e. The second-order valence-electron chi connectivity index (χ2n) is 7.19. The van der Waals surface area contributed by atoms with Crippen LogP contribution < -0.4 is 5.32 Å². The molecule has 1 N–H and O–H groups in total. The predicted octanol–water partition coefficient (Wildman–Crippen LogP) is 3.33. The van der Waals surface area contributed by atoms with Crippen LogP contribution in [0.4, 0.5) is 9.18 Å². The number of amides is 2. The molecule has 6 heteroatoms. The Bertz CT molecular complexity index is 582. The van der Waals surface area contributed by atoms with Gasteiger partial charge in [0.2, 0.25) is 5.91 Å². The zero-order valence-corrected chi connectivity index (χ0v) is 15.2. The molecule has 24 heavy (non-hydrogen) atoms. The maximum atomic E-state index is 13.3. The van der Waals surface area contributed by atoms with E-state index in [-0.39, 0.29) is 24.2 Å². The summed E-state index contributed by atoms with van der Waals surface area (Å²) in [6, 6.07) is 5.38. The molecule has 0 saturated heterocycles. The van der Waals surface area contributed by atoms with Gasteiger partial charge in [0, 0.05) is 13.6 Å². The number of carbonyl (C=O) groups is 2. The Labute approximate surface area is 143 Å². The molecule has 0 aromatic heterocycles. The molecule has 1 rings (SSSR count). The Morgan fingerprint density at radius 2 is 1.92 bits per heavy atom. The van der Waals surface area contributed by atoms with Crippen LogP contribution in [0.5, 0.6) is 0 Å². The normalized spacial score (nSPS) is 12.7. The van der Waals surface area contributed by atoms with Crippen molar-refractivity contribution in [3.63, 3.8) is 0 Å². The van der Waals surface area contributed by atoms with E-state index in [0.29, 0.717) is 5.56 Å². The van der Waals surface area contributed by atoms with E-state index in [0.717, 1.165) is 0 Å². The first-order chi connectivity index (χ1) is 11.0. The van der Waals surface area contributed by atoms with Crippen LogP contribution in [-0.2, 0) is 16.1 Å². The van der Waals surface area contributed by atoms with Crippen molar-refractivity contribution < 1.29 is 18.7 Å². The van der Waals surface area contributed by atoms with Gasteiger partial charge in [-0.05, 0) is 44.4 Å². The molecule has 0 aliphatic heterocycles. The molecule has 0 spiro atoms. The topological polar surface area (TPSA) is 58.6 Å². The van der Waals surface area contributed by atoms with E-state index < -0.39 is 17.7 Å². The third-order valence-corrected chi connectivity index (χ3v) is 3.29. The molecule has 0 aliphatic rings. The van der Waals surface area contributed by atoms with Crippen LogP contribution in [0.2, 0.25) is 0 Å². The number of ether oxygens (including phenoxy) is 1. The van der Waals surface area contributed by atoms with Crippen molar-refractivity contribution in [2.24, 2.45) is 5.92 Å². The van der Waals surface area contributed by atoms with Gasteiger partial charge in [0.25, 0.3) is 0 Å². The fourth-order valence-electron chi connectivity index (χ4n) is 2.17. The van der Waals surface area contributed by atoms with E-state index >= 15 is 0 Å². The number of hydrogen-bond acceptors (Lipinski definition) is 3. The molecule has 0 fully saturated rings. The highest BCUT2D eigenvalue weighted by molar-refractivity contribution is 5.85. The van der Waals surface area contributed by atoms with Gasteiger partial charge >= 0.3 is 6.09 Å². The van der Waals surface area contributed by atoms with Gasteiger partial charge < -0.3 is 15.0 Å². The van der Waals surface area contributed by atoms with Crippen molar-refractivity contribution in [1.82, 2.24) is 10.2 Å². The lowest BCUT2D eigenvalue weighted by atomic mass is 10.0. The molecular formula is C18H27FN2O3. The Kier molecular flexibility index (Phi) is 6.75. The monoisotopic (exact) mass is 338 g/mol. The number of rotatable bonds is 5. The van der Waals surface area contributed by atoms with E-state index in [9.17, 15) is 14.0 Å². The molecule has 0 aliphatic carbocycles. The van der Waals surface area contributed by atoms with Crippen molar-refractivity contribution in [1.29, 1.82) is 0 Å². The molecule has 2 amide bonds. The highest BCUT2D eigenvalue weighted by atomic mass is 19.1. The molecule has 0 radical (unpaired) electrons. The summed E-state index contributed by atoms with van der Waals surface area (Å²) < 4.78 is 18.5. The lowest BCUT2D eigenvalue weighted by Gasteiger charge is -2.28. The molecule has 1 aromatic carbocycles. The van der Waals surface area contributed by atoms with E-state index in [1.165, 1.54) is 17.0 Å². The number of benzene rings is 1. The number of nitrogens with one attached hydrogen (secondary N) is 1. The third kappa shape index (κ3) is 6.56. The lowest BCUT2D eigenvalue weighted by molar-refractivity contribution is -0.133. The Morgan fingerprint density at radius 1 is 1.29 bits per heavy atom. The molecular weight excluding hydrogens is 311 g/mol. The minimum atomic E-state index is -0.710. The van der Waals surface area contributed by atoms with E-state index in [1.807, 2.05) is 13.8 Å². The highest BCUT2D eigenvalue weighted by Crippen LogP contribution is 2.12. The predicted molar refractivity (Wildman–Crippen MR) is 90.9 cm³/mol. The van der Waals surface area contributed by atoms with E-state index in [4.69, 9.17) is 4.74 Å². The van der Waals surface area contributed by atoms with Crippen molar-refractivity contribution in [2.75, 3.05) is 7.05 Å². The maximum Gasteiger partial charge on any atom is 0.408 e. The molecule has 0 bridgehead atoms. The summed E-state index contributed by atoms with van der Waals surface area (Å²) in [5.74, 6) is -0.708. The average Bonchev–Trinajstić information content (AvgIpc) is 2.41. The zero-order chi connectivity index (χ0) is 18.5. The van der Waals surface area contributed by atoms with Gasteiger partial charge in [0.1, 0.15) is 17.5 Å². The maximum absolute atomic E-state index is 13.3. The molecule has 0 heterocycles. The summed E-state index contributed by atoms with van der Waals surface area (Å²) in [4.78, 5) is 26.1. The SMILES string of the molecule is CC(C)C(NC(=O)OC(C)(C)C)C(=O)N(C)Cc1cccc(F)c1. The second-order valence-corrected chi connectivity index (χ2v) is 7.19. The first kappa shape index (κ1) is 19.9. The zero-order valence-electron chi connectivity index (χ0n) is 15.2. The average molecular weight is 338 g/mol. The molecule has 0 saturated carbocycles. The van der Waals surface area contributed by atoms with Crippen molar-refractivity contribution >= 4 is 12.0 Å². The Balaban J connectivity index is 2.76. The first-order valence-electron chi connectivity index (χ1n) is 7.98.